The van der Waals surface area contributed by atoms with Gasteiger partial charge in [0.2, 0.25) is 10.0 Å². The Kier molecular flexibility index (Phi) is 6.30. The lowest BCUT2D eigenvalue weighted by Gasteiger charge is -2.30. The molecular formula is C16H21BrN2O7S. The third-order valence-electron chi connectivity index (χ3n) is 4.44. The van der Waals surface area contributed by atoms with Crippen molar-refractivity contribution in [3.05, 3.63) is 34.4 Å². The zero-order valence-corrected chi connectivity index (χ0v) is 17.7. The molecule has 0 radical (unpaired) electrons. The minimum atomic E-state index is -4.15. The van der Waals surface area contributed by atoms with Gasteiger partial charge in [0, 0.05) is 18.7 Å². The molecule has 3 atom stereocenters. The molecule has 0 N–H and O–H groups in total. The Morgan fingerprint density at radius 2 is 1.93 bits per heavy atom. The van der Waals surface area contributed by atoms with Gasteiger partial charge in [-0.15, -0.1) is 0 Å². The Hall–Kier alpha value is -1.56. The predicted octanol–water partition coefficient (Wildman–Crippen LogP) is 2.09. The summed E-state index contributed by atoms with van der Waals surface area (Å²) in [4.78, 5) is 22.0. The monoisotopic (exact) mass is 464 g/mol. The van der Waals surface area contributed by atoms with E-state index in [-0.39, 0.29) is 17.1 Å². The average Bonchev–Trinajstić information content (AvgIpc) is 2.68. The maximum Gasteiger partial charge on any atom is 0.326 e. The second kappa shape index (κ2) is 7.82. The molecule has 150 valence electrons. The summed E-state index contributed by atoms with van der Waals surface area (Å²) < 4.78 is 38.2. The van der Waals surface area contributed by atoms with Crippen LogP contribution in [-0.4, -0.2) is 59.8 Å². The third-order valence-corrected chi connectivity index (χ3v) is 7.69. The molecule has 1 heterocycles. The van der Waals surface area contributed by atoms with Gasteiger partial charge in [-0.1, -0.05) is 15.9 Å². The van der Waals surface area contributed by atoms with Crippen molar-refractivity contribution in [3.63, 3.8) is 0 Å². The summed E-state index contributed by atoms with van der Waals surface area (Å²) in [6.45, 7) is 5.14. The van der Waals surface area contributed by atoms with Gasteiger partial charge in [-0.2, -0.15) is 4.31 Å². The van der Waals surface area contributed by atoms with E-state index in [4.69, 9.17) is 9.47 Å². The van der Waals surface area contributed by atoms with Crippen LogP contribution in [0.25, 0.3) is 0 Å². The van der Waals surface area contributed by atoms with Crippen LogP contribution in [0.15, 0.2) is 29.2 Å². The Labute approximate surface area is 166 Å². The molecule has 9 nitrogen and oxygen atoms in total. The van der Waals surface area contributed by atoms with Crippen LogP contribution in [0.4, 0.5) is 5.69 Å². The van der Waals surface area contributed by atoms with Gasteiger partial charge >= 0.3 is 5.97 Å². The minimum absolute atomic E-state index is 0.0452. The van der Waals surface area contributed by atoms with Crippen LogP contribution in [0, 0.1) is 10.1 Å². The van der Waals surface area contributed by atoms with Crippen LogP contribution in [-0.2, 0) is 24.3 Å². The third kappa shape index (κ3) is 4.31. The van der Waals surface area contributed by atoms with E-state index in [0.717, 1.165) is 28.6 Å². The van der Waals surface area contributed by atoms with Crippen molar-refractivity contribution in [2.75, 3.05) is 13.7 Å². The quantitative estimate of drug-likeness (QED) is 0.289. The fourth-order valence-corrected chi connectivity index (χ4v) is 5.16. The van der Waals surface area contributed by atoms with Crippen molar-refractivity contribution in [2.45, 2.75) is 48.2 Å². The van der Waals surface area contributed by atoms with Crippen molar-refractivity contribution in [1.82, 2.24) is 4.31 Å². The van der Waals surface area contributed by atoms with Crippen molar-refractivity contribution in [3.8, 4) is 0 Å². The summed E-state index contributed by atoms with van der Waals surface area (Å²) in [6, 6.07) is 3.30. The van der Waals surface area contributed by atoms with E-state index >= 15 is 0 Å². The molecule has 1 fully saturated rings. The van der Waals surface area contributed by atoms with Crippen LogP contribution >= 0.6 is 15.9 Å². The second-order valence-electron chi connectivity index (χ2n) is 6.69. The molecule has 11 heteroatoms. The summed E-state index contributed by atoms with van der Waals surface area (Å²) in [6.07, 6.45) is -0.775. The second-order valence-corrected chi connectivity index (χ2v) is 9.68. The standard InChI is InChI=1S/C16H21BrN2O7S/c1-10-14(15(20)25-4)18(9-13(17)16(2,3)26-10)27(23,24)12-7-5-11(6-8-12)19(21)22/h5-8,10,13-14H,9H2,1-4H3/t10-,13-,14+/m1/s1. The highest BCUT2D eigenvalue weighted by Gasteiger charge is 2.48. The Bertz CT molecular complexity index is 826. The number of nitrogens with zero attached hydrogens (tertiary/aromatic N) is 2. The topological polar surface area (TPSA) is 116 Å². The molecule has 1 aromatic rings. The molecule has 27 heavy (non-hydrogen) atoms. The van der Waals surface area contributed by atoms with Crippen molar-refractivity contribution in [2.24, 2.45) is 0 Å². The normalized spacial score (nSPS) is 26.2. The number of non-ortho nitro benzene ring substituents is 1. The van der Waals surface area contributed by atoms with Crippen molar-refractivity contribution in [1.29, 1.82) is 0 Å². The first-order chi connectivity index (χ1) is 12.4. The van der Waals surface area contributed by atoms with Gasteiger partial charge in [-0.3, -0.25) is 14.9 Å². The molecule has 0 spiro atoms. The number of methoxy groups -OCH3 is 1. The molecule has 1 aliphatic rings. The number of hydrogen-bond acceptors (Lipinski definition) is 7. The first-order valence-electron chi connectivity index (χ1n) is 8.08. The fourth-order valence-electron chi connectivity index (χ4n) is 2.90. The predicted molar refractivity (Wildman–Crippen MR) is 100 cm³/mol. The lowest BCUT2D eigenvalue weighted by molar-refractivity contribution is -0.384. The molecule has 1 aliphatic heterocycles. The molecule has 0 bridgehead atoms. The highest BCUT2D eigenvalue weighted by molar-refractivity contribution is 9.09. The SMILES string of the molecule is COC(=O)[C@@H]1[C@@H](C)OC(C)(C)[C@H](Br)CN1S(=O)(=O)c1ccc([N+](=O)[O-])cc1. The number of ether oxygens (including phenoxy) is 2. The minimum Gasteiger partial charge on any atom is -0.468 e. The molecule has 0 amide bonds. The van der Waals surface area contributed by atoms with E-state index in [9.17, 15) is 23.3 Å². The van der Waals surface area contributed by atoms with Crippen LogP contribution in [0.2, 0.25) is 0 Å². The average molecular weight is 465 g/mol. The number of alkyl halides is 1. The Morgan fingerprint density at radius 1 is 1.37 bits per heavy atom. The number of sulfonamides is 1. The summed E-state index contributed by atoms with van der Waals surface area (Å²) in [5.41, 5.74) is -0.976. The van der Waals surface area contributed by atoms with Gasteiger partial charge in [-0.05, 0) is 32.9 Å². The number of rotatable bonds is 4. The largest absolute Gasteiger partial charge is 0.468 e. The number of hydrogen-bond donors (Lipinski definition) is 0. The summed E-state index contributed by atoms with van der Waals surface area (Å²) in [5, 5.41) is 10.8. The van der Waals surface area contributed by atoms with E-state index in [1.807, 2.05) is 0 Å². The molecule has 0 unspecified atom stereocenters. The number of esters is 1. The van der Waals surface area contributed by atoms with Gasteiger partial charge in [0.1, 0.15) is 6.04 Å². The molecule has 1 aromatic carbocycles. The van der Waals surface area contributed by atoms with Gasteiger partial charge < -0.3 is 9.47 Å². The maximum absolute atomic E-state index is 13.2. The maximum atomic E-state index is 13.2. The highest BCUT2D eigenvalue weighted by atomic mass is 79.9. The Morgan fingerprint density at radius 3 is 2.41 bits per heavy atom. The first-order valence-corrected chi connectivity index (χ1v) is 10.4. The lowest BCUT2D eigenvalue weighted by Crippen LogP contribution is -2.51. The van der Waals surface area contributed by atoms with Gasteiger partial charge in [-0.25, -0.2) is 8.42 Å². The van der Waals surface area contributed by atoms with Crippen LogP contribution in [0.5, 0.6) is 0 Å². The van der Waals surface area contributed by atoms with Crippen LogP contribution in [0.1, 0.15) is 20.8 Å². The number of nitro groups is 1. The number of carbonyl (C=O) groups is 1. The highest BCUT2D eigenvalue weighted by Crippen LogP contribution is 2.34. The number of halogens is 1. The molecule has 0 aliphatic carbocycles. The van der Waals surface area contributed by atoms with Gasteiger partial charge in [0.15, 0.2) is 0 Å². The van der Waals surface area contributed by atoms with Crippen molar-refractivity contribution < 1.29 is 27.6 Å². The van der Waals surface area contributed by atoms with E-state index in [1.54, 1.807) is 20.8 Å². The van der Waals surface area contributed by atoms with E-state index in [1.165, 1.54) is 7.11 Å². The van der Waals surface area contributed by atoms with Crippen LogP contribution in [0.3, 0.4) is 0 Å². The van der Waals surface area contributed by atoms with E-state index in [0.29, 0.717) is 0 Å². The number of carbonyl (C=O) groups excluding carboxylic acids is 1. The van der Waals surface area contributed by atoms with Gasteiger partial charge in [0.05, 0.1) is 33.5 Å². The summed E-state index contributed by atoms with van der Waals surface area (Å²) in [7, 11) is -2.97. The van der Waals surface area contributed by atoms with Gasteiger partial charge in [0.25, 0.3) is 5.69 Å². The van der Waals surface area contributed by atoms with E-state index in [2.05, 4.69) is 15.9 Å². The zero-order valence-electron chi connectivity index (χ0n) is 15.3. The zero-order chi connectivity index (χ0) is 20.6. The first kappa shape index (κ1) is 21.7. The molecule has 1 saturated heterocycles. The number of benzene rings is 1. The van der Waals surface area contributed by atoms with Crippen LogP contribution < -0.4 is 0 Å². The fraction of sp³-hybridized carbons (Fsp3) is 0.562. The van der Waals surface area contributed by atoms with Crippen molar-refractivity contribution >= 4 is 37.6 Å². The molecular weight excluding hydrogens is 444 g/mol. The molecule has 0 saturated carbocycles. The lowest BCUT2D eigenvalue weighted by atomic mass is 10.1. The number of nitro benzene ring substituents is 1. The van der Waals surface area contributed by atoms with E-state index < -0.39 is 43.5 Å². The summed E-state index contributed by atoms with van der Waals surface area (Å²) >= 11 is 3.45. The smallest absolute Gasteiger partial charge is 0.326 e. The molecule has 2 rings (SSSR count). The summed E-state index contributed by atoms with van der Waals surface area (Å²) in [5.74, 6) is -0.745. The Balaban J connectivity index is 2.54. The molecule has 0 aromatic heterocycles.